The van der Waals surface area contributed by atoms with Crippen molar-refractivity contribution in [3.63, 3.8) is 0 Å². The third-order valence-corrected chi connectivity index (χ3v) is 2.26. The third kappa shape index (κ3) is 5.82. The molecule has 0 aliphatic carbocycles. The number of rotatable bonds is 7. The number of unbranched alkanes of at least 4 members (excludes halogenated alkanes) is 2. The Balaban J connectivity index is 2.15. The Bertz CT molecular complexity index is 349. The van der Waals surface area contributed by atoms with Crippen LogP contribution >= 0.6 is 0 Å². The van der Waals surface area contributed by atoms with Gasteiger partial charge >= 0.3 is 0 Å². The van der Waals surface area contributed by atoms with E-state index in [1.807, 2.05) is 6.08 Å². The van der Waals surface area contributed by atoms with Crippen LogP contribution in [-0.2, 0) is 0 Å². The van der Waals surface area contributed by atoms with E-state index in [-0.39, 0.29) is 5.91 Å². The Kier molecular flexibility index (Phi) is 6.67. The lowest BCUT2D eigenvalue weighted by molar-refractivity contribution is 0.0935. The number of carbonyl (C=O) groups excluding carboxylic acids is 1. The van der Waals surface area contributed by atoms with Gasteiger partial charge in [0.1, 0.15) is 0 Å². The Morgan fingerprint density at radius 1 is 1.35 bits per heavy atom. The van der Waals surface area contributed by atoms with Crippen LogP contribution in [0.15, 0.2) is 36.7 Å². The molecule has 2 N–H and O–H groups in total. The number of nitrogens with zero attached hydrogens (tertiary/aromatic N) is 1. The van der Waals surface area contributed by atoms with Crippen LogP contribution in [-0.4, -0.2) is 17.4 Å². The highest BCUT2D eigenvalue weighted by atomic mass is 16.2. The standard InChI is InChI=1S/C13H19N3O/c1-2-3-4-5-6-9-15-16-13(17)12-7-10-14-11-8-12/h5-8,10-11,15H,2-4,9H2,1H3,(H,16,17)/b6-5+. The van der Waals surface area contributed by atoms with Gasteiger partial charge in [-0.25, -0.2) is 5.43 Å². The van der Waals surface area contributed by atoms with Crippen LogP contribution in [0.5, 0.6) is 0 Å². The summed E-state index contributed by atoms with van der Waals surface area (Å²) in [7, 11) is 0. The fourth-order valence-electron chi connectivity index (χ4n) is 1.29. The van der Waals surface area contributed by atoms with Gasteiger partial charge in [-0.05, 0) is 18.6 Å². The van der Waals surface area contributed by atoms with Gasteiger partial charge in [0.15, 0.2) is 0 Å². The molecule has 1 aromatic heterocycles. The van der Waals surface area contributed by atoms with Crippen LogP contribution in [0.2, 0.25) is 0 Å². The summed E-state index contributed by atoms with van der Waals surface area (Å²) < 4.78 is 0. The maximum atomic E-state index is 11.6. The Morgan fingerprint density at radius 3 is 2.82 bits per heavy atom. The summed E-state index contributed by atoms with van der Waals surface area (Å²) in [4.78, 5) is 15.4. The van der Waals surface area contributed by atoms with Gasteiger partial charge in [0.05, 0.1) is 0 Å². The van der Waals surface area contributed by atoms with E-state index in [1.54, 1.807) is 24.5 Å². The van der Waals surface area contributed by atoms with Gasteiger partial charge in [-0.15, -0.1) is 0 Å². The van der Waals surface area contributed by atoms with Crippen LogP contribution in [0.25, 0.3) is 0 Å². The second-order valence-electron chi connectivity index (χ2n) is 3.68. The van der Waals surface area contributed by atoms with Crippen LogP contribution in [0.4, 0.5) is 0 Å². The summed E-state index contributed by atoms with van der Waals surface area (Å²) in [5, 5.41) is 0. The summed E-state index contributed by atoms with van der Waals surface area (Å²) in [6.07, 6.45) is 10.8. The molecule has 0 aromatic carbocycles. The average molecular weight is 233 g/mol. The van der Waals surface area contributed by atoms with Gasteiger partial charge in [-0.1, -0.05) is 31.9 Å². The molecule has 0 fully saturated rings. The average Bonchev–Trinajstić information content (AvgIpc) is 2.38. The zero-order valence-corrected chi connectivity index (χ0v) is 10.1. The van der Waals surface area contributed by atoms with Crippen molar-refractivity contribution in [1.82, 2.24) is 15.8 Å². The minimum atomic E-state index is -0.144. The molecular formula is C13H19N3O. The molecule has 0 saturated carbocycles. The van der Waals surface area contributed by atoms with Crippen molar-refractivity contribution in [2.75, 3.05) is 6.54 Å². The highest BCUT2D eigenvalue weighted by Gasteiger charge is 2.01. The number of amides is 1. The van der Waals surface area contributed by atoms with Crippen molar-refractivity contribution in [1.29, 1.82) is 0 Å². The van der Waals surface area contributed by atoms with Crippen LogP contribution in [0.1, 0.15) is 36.5 Å². The van der Waals surface area contributed by atoms with Crippen LogP contribution in [0.3, 0.4) is 0 Å². The van der Waals surface area contributed by atoms with Crippen LogP contribution in [0, 0.1) is 0 Å². The van der Waals surface area contributed by atoms with E-state index in [0.717, 1.165) is 6.42 Å². The highest BCUT2D eigenvalue weighted by molar-refractivity contribution is 5.93. The van der Waals surface area contributed by atoms with E-state index in [2.05, 4.69) is 28.8 Å². The maximum Gasteiger partial charge on any atom is 0.265 e. The molecule has 1 aromatic rings. The topological polar surface area (TPSA) is 54.0 Å². The predicted molar refractivity (Wildman–Crippen MR) is 68.4 cm³/mol. The first-order valence-electron chi connectivity index (χ1n) is 5.93. The van der Waals surface area contributed by atoms with Gasteiger partial charge < -0.3 is 0 Å². The molecule has 4 heteroatoms. The molecule has 0 atom stereocenters. The first-order chi connectivity index (χ1) is 8.34. The quantitative estimate of drug-likeness (QED) is 0.430. The largest absolute Gasteiger partial charge is 0.287 e. The summed E-state index contributed by atoms with van der Waals surface area (Å²) in [6, 6.07) is 3.35. The summed E-state index contributed by atoms with van der Waals surface area (Å²) >= 11 is 0. The van der Waals surface area contributed by atoms with Gasteiger partial charge in [0, 0.05) is 24.5 Å². The number of nitrogens with one attached hydrogen (secondary N) is 2. The zero-order valence-electron chi connectivity index (χ0n) is 10.1. The van der Waals surface area contributed by atoms with Gasteiger partial charge in [0.25, 0.3) is 5.91 Å². The molecular weight excluding hydrogens is 214 g/mol. The fourth-order valence-corrected chi connectivity index (χ4v) is 1.29. The van der Waals surface area contributed by atoms with Crippen molar-refractivity contribution in [3.05, 3.63) is 42.2 Å². The first-order valence-corrected chi connectivity index (χ1v) is 5.93. The second kappa shape index (κ2) is 8.47. The molecule has 0 radical (unpaired) electrons. The smallest absolute Gasteiger partial charge is 0.265 e. The zero-order chi connectivity index (χ0) is 12.3. The van der Waals surface area contributed by atoms with E-state index in [9.17, 15) is 4.79 Å². The first kappa shape index (κ1) is 13.4. The van der Waals surface area contributed by atoms with Crippen molar-refractivity contribution < 1.29 is 4.79 Å². The minimum absolute atomic E-state index is 0.144. The molecule has 1 rings (SSSR count). The Morgan fingerprint density at radius 2 is 2.12 bits per heavy atom. The molecule has 0 aliphatic rings. The lowest BCUT2D eigenvalue weighted by Gasteiger charge is -2.04. The lowest BCUT2D eigenvalue weighted by Crippen LogP contribution is -2.37. The monoisotopic (exact) mass is 233 g/mol. The van der Waals surface area contributed by atoms with Gasteiger partial charge in [-0.3, -0.25) is 15.2 Å². The highest BCUT2D eigenvalue weighted by Crippen LogP contribution is 1.95. The van der Waals surface area contributed by atoms with E-state index in [1.165, 1.54) is 12.8 Å². The molecule has 1 heterocycles. The molecule has 0 saturated heterocycles. The Hall–Kier alpha value is -1.68. The summed E-state index contributed by atoms with van der Waals surface area (Å²) in [5.74, 6) is -0.144. The molecule has 1 amide bonds. The number of aromatic nitrogens is 1. The number of hydrogen-bond acceptors (Lipinski definition) is 3. The molecule has 0 spiro atoms. The van der Waals surface area contributed by atoms with E-state index < -0.39 is 0 Å². The number of hydrazine groups is 1. The maximum absolute atomic E-state index is 11.6. The number of hydrogen-bond donors (Lipinski definition) is 2. The van der Waals surface area contributed by atoms with E-state index in [4.69, 9.17) is 0 Å². The Labute approximate surface area is 102 Å². The molecule has 4 nitrogen and oxygen atoms in total. The fraction of sp³-hybridized carbons (Fsp3) is 0.385. The molecule has 0 aliphatic heterocycles. The molecule has 92 valence electrons. The second-order valence-corrected chi connectivity index (χ2v) is 3.68. The third-order valence-electron chi connectivity index (χ3n) is 2.26. The number of pyridine rings is 1. The van der Waals surface area contributed by atoms with Crippen molar-refractivity contribution >= 4 is 5.91 Å². The van der Waals surface area contributed by atoms with Crippen molar-refractivity contribution in [2.24, 2.45) is 0 Å². The van der Waals surface area contributed by atoms with Gasteiger partial charge in [0.2, 0.25) is 0 Å². The van der Waals surface area contributed by atoms with Crippen LogP contribution < -0.4 is 10.9 Å². The lowest BCUT2D eigenvalue weighted by atomic mass is 10.2. The minimum Gasteiger partial charge on any atom is -0.287 e. The molecule has 0 unspecified atom stereocenters. The predicted octanol–water partition coefficient (Wildman–Crippen LogP) is 2.06. The van der Waals surface area contributed by atoms with E-state index >= 15 is 0 Å². The van der Waals surface area contributed by atoms with Crippen molar-refractivity contribution in [2.45, 2.75) is 26.2 Å². The molecule has 17 heavy (non-hydrogen) atoms. The number of carbonyl (C=O) groups is 1. The van der Waals surface area contributed by atoms with Gasteiger partial charge in [-0.2, -0.15) is 0 Å². The number of allylic oxidation sites excluding steroid dienone is 1. The molecule has 0 bridgehead atoms. The summed E-state index contributed by atoms with van der Waals surface area (Å²) in [6.45, 7) is 2.81. The van der Waals surface area contributed by atoms with Crippen molar-refractivity contribution in [3.8, 4) is 0 Å². The normalized spacial score (nSPS) is 10.6. The SMILES string of the molecule is CCCC/C=C/CNNC(=O)c1ccncc1. The summed E-state index contributed by atoms with van der Waals surface area (Å²) in [5.41, 5.74) is 6.08. The van der Waals surface area contributed by atoms with E-state index in [0.29, 0.717) is 12.1 Å².